The van der Waals surface area contributed by atoms with Crippen LogP contribution in [0.15, 0.2) is 6.07 Å². The van der Waals surface area contributed by atoms with Gasteiger partial charge in [0.05, 0.1) is 10.6 Å². The number of nitrogens with zero attached hydrogens (tertiary/aromatic N) is 3. The Bertz CT molecular complexity index is 748. The standard InChI is InChI=1S/C18H26N4OS/c1-11(2)16-14-8-15(24-18(14)21(3)20-16)17(23)22-6-4-12-9-19-10-13(12)5-7-22/h8,11-13,19H,4-7,9-10H2,1-3H3/t12-,13+. The molecule has 4 rings (SSSR count). The monoisotopic (exact) mass is 346 g/mol. The smallest absolute Gasteiger partial charge is 0.264 e. The van der Waals surface area contributed by atoms with Crippen LogP contribution in [0.1, 0.15) is 48.0 Å². The van der Waals surface area contributed by atoms with E-state index < -0.39 is 0 Å². The maximum absolute atomic E-state index is 13.0. The number of amides is 1. The van der Waals surface area contributed by atoms with Crippen molar-refractivity contribution in [1.29, 1.82) is 0 Å². The second kappa shape index (κ2) is 6.15. The predicted octanol–water partition coefficient (Wildman–Crippen LogP) is 2.83. The zero-order valence-electron chi connectivity index (χ0n) is 14.7. The molecule has 4 heterocycles. The maximum atomic E-state index is 13.0. The molecule has 0 aromatic carbocycles. The van der Waals surface area contributed by atoms with Crippen LogP contribution in [0, 0.1) is 11.8 Å². The van der Waals surface area contributed by atoms with Gasteiger partial charge in [0.15, 0.2) is 0 Å². The molecule has 0 bridgehead atoms. The quantitative estimate of drug-likeness (QED) is 0.910. The third kappa shape index (κ3) is 2.65. The first kappa shape index (κ1) is 16.1. The summed E-state index contributed by atoms with van der Waals surface area (Å²) in [6.07, 6.45) is 2.26. The minimum Gasteiger partial charge on any atom is -0.338 e. The molecule has 2 fully saturated rings. The molecule has 2 aliphatic heterocycles. The molecule has 130 valence electrons. The van der Waals surface area contributed by atoms with Gasteiger partial charge in [0.25, 0.3) is 5.91 Å². The molecule has 0 aliphatic carbocycles. The Labute approximate surface area is 147 Å². The largest absolute Gasteiger partial charge is 0.338 e. The topological polar surface area (TPSA) is 50.2 Å². The lowest BCUT2D eigenvalue weighted by atomic mass is 9.92. The van der Waals surface area contributed by atoms with Crippen LogP contribution in [0.25, 0.3) is 10.2 Å². The molecule has 0 spiro atoms. The van der Waals surface area contributed by atoms with E-state index in [1.54, 1.807) is 11.3 Å². The molecule has 5 nitrogen and oxygen atoms in total. The summed E-state index contributed by atoms with van der Waals surface area (Å²) in [6, 6.07) is 2.07. The molecule has 2 saturated heterocycles. The number of likely N-dealkylation sites (tertiary alicyclic amines) is 1. The van der Waals surface area contributed by atoms with E-state index in [0.717, 1.165) is 71.6 Å². The highest BCUT2D eigenvalue weighted by Gasteiger charge is 2.32. The summed E-state index contributed by atoms with van der Waals surface area (Å²) in [6.45, 7) is 8.35. The van der Waals surface area contributed by atoms with Crippen molar-refractivity contribution in [2.24, 2.45) is 18.9 Å². The lowest BCUT2D eigenvalue weighted by Crippen LogP contribution is -2.32. The Balaban J connectivity index is 1.58. The van der Waals surface area contributed by atoms with Crippen molar-refractivity contribution in [3.8, 4) is 0 Å². The van der Waals surface area contributed by atoms with Crippen LogP contribution in [-0.4, -0.2) is 46.8 Å². The summed E-state index contributed by atoms with van der Waals surface area (Å²) in [4.78, 5) is 17.1. The van der Waals surface area contributed by atoms with Crippen molar-refractivity contribution in [1.82, 2.24) is 20.0 Å². The number of fused-ring (bicyclic) bond motifs is 2. The third-order valence-corrected chi connectivity index (χ3v) is 6.79. The number of nitrogens with one attached hydrogen (secondary N) is 1. The van der Waals surface area contributed by atoms with E-state index in [0.29, 0.717) is 5.92 Å². The molecule has 0 radical (unpaired) electrons. The highest BCUT2D eigenvalue weighted by Crippen LogP contribution is 2.33. The molecule has 0 unspecified atom stereocenters. The first-order valence-corrected chi connectivity index (χ1v) is 9.82. The van der Waals surface area contributed by atoms with E-state index in [1.807, 2.05) is 11.7 Å². The lowest BCUT2D eigenvalue weighted by Gasteiger charge is -2.20. The van der Waals surface area contributed by atoms with E-state index in [2.05, 4.69) is 35.2 Å². The van der Waals surface area contributed by atoms with E-state index in [-0.39, 0.29) is 5.91 Å². The highest BCUT2D eigenvalue weighted by molar-refractivity contribution is 7.20. The summed E-state index contributed by atoms with van der Waals surface area (Å²) < 4.78 is 1.92. The van der Waals surface area contributed by atoms with Crippen molar-refractivity contribution in [3.63, 3.8) is 0 Å². The van der Waals surface area contributed by atoms with Crippen molar-refractivity contribution >= 4 is 27.5 Å². The van der Waals surface area contributed by atoms with Gasteiger partial charge in [-0.05, 0) is 49.8 Å². The molecule has 2 aromatic rings. The molecular weight excluding hydrogens is 320 g/mol. The fourth-order valence-electron chi connectivity index (χ4n) is 4.18. The zero-order valence-corrected chi connectivity index (χ0v) is 15.5. The molecule has 0 saturated carbocycles. The Morgan fingerprint density at radius 2 is 1.96 bits per heavy atom. The number of carbonyl (C=O) groups excluding carboxylic acids is 1. The summed E-state index contributed by atoms with van der Waals surface area (Å²) >= 11 is 1.59. The van der Waals surface area contributed by atoms with E-state index in [9.17, 15) is 4.79 Å². The SMILES string of the molecule is CC(C)c1nn(C)c2sc(C(=O)N3CC[C@@H]4CNC[C@@H]4CC3)cc12. The van der Waals surface area contributed by atoms with Gasteiger partial charge in [0.2, 0.25) is 0 Å². The minimum absolute atomic E-state index is 0.207. The fourth-order valence-corrected chi connectivity index (χ4v) is 5.22. The average Bonchev–Trinajstić information content (AvgIpc) is 3.21. The molecule has 24 heavy (non-hydrogen) atoms. The van der Waals surface area contributed by atoms with Gasteiger partial charge in [0, 0.05) is 25.5 Å². The lowest BCUT2D eigenvalue weighted by molar-refractivity contribution is 0.0763. The summed E-state index contributed by atoms with van der Waals surface area (Å²) in [5.74, 6) is 2.08. The predicted molar refractivity (Wildman–Crippen MR) is 97.7 cm³/mol. The van der Waals surface area contributed by atoms with Gasteiger partial charge in [-0.3, -0.25) is 9.48 Å². The Morgan fingerprint density at radius 1 is 1.29 bits per heavy atom. The van der Waals surface area contributed by atoms with E-state index in [1.165, 1.54) is 0 Å². The number of hydrogen-bond acceptors (Lipinski definition) is 4. The van der Waals surface area contributed by atoms with Crippen molar-refractivity contribution in [2.75, 3.05) is 26.2 Å². The normalized spacial score (nSPS) is 24.6. The summed E-state index contributed by atoms with van der Waals surface area (Å²) in [5.41, 5.74) is 1.10. The maximum Gasteiger partial charge on any atom is 0.264 e. The first-order valence-electron chi connectivity index (χ1n) is 9.01. The number of thiophene rings is 1. The minimum atomic E-state index is 0.207. The van der Waals surface area contributed by atoms with E-state index >= 15 is 0 Å². The first-order chi connectivity index (χ1) is 11.5. The molecule has 1 amide bonds. The van der Waals surface area contributed by atoms with Crippen LogP contribution in [0.3, 0.4) is 0 Å². The Kier molecular flexibility index (Phi) is 4.12. The van der Waals surface area contributed by atoms with E-state index in [4.69, 9.17) is 0 Å². The molecule has 2 aliphatic rings. The van der Waals surface area contributed by atoms with Crippen LogP contribution in [0.2, 0.25) is 0 Å². The van der Waals surface area contributed by atoms with Crippen molar-refractivity contribution < 1.29 is 4.79 Å². The number of aromatic nitrogens is 2. The summed E-state index contributed by atoms with van der Waals surface area (Å²) in [7, 11) is 1.97. The van der Waals surface area contributed by atoms with Crippen LogP contribution in [-0.2, 0) is 7.05 Å². The van der Waals surface area contributed by atoms with Gasteiger partial charge >= 0.3 is 0 Å². The van der Waals surface area contributed by atoms with Crippen LogP contribution in [0.5, 0.6) is 0 Å². The van der Waals surface area contributed by atoms with Gasteiger partial charge in [0.1, 0.15) is 4.83 Å². The average molecular weight is 347 g/mol. The molecular formula is C18H26N4OS. The van der Waals surface area contributed by atoms with Crippen LogP contribution >= 0.6 is 11.3 Å². The van der Waals surface area contributed by atoms with Crippen molar-refractivity contribution in [2.45, 2.75) is 32.6 Å². The number of rotatable bonds is 2. The second-order valence-electron chi connectivity index (χ2n) is 7.54. The number of aryl methyl sites for hydroxylation is 1. The van der Waals surface area contributed by atoms with Gasteiger partial charge in [-0.1, -0.05) is 13.8 Å². The third-order valence-electron chi connectivity index (χ3n) is 5.60. The number of carbonyl (C=O) groups is 1. The summed E-state index contributed by atoms with van der Waals surface area (Å²) in [5, 5.41) is 9.25. The van der Waals surface area contributed by atoms with Gasteiger partial charge < -0.3 is 10.2 Å². The zero-order chi connectivity index (χ0) is 16.8. The highest BCUT2D eigenvalue weighted by atomic mass is 32.1. The molecule has 6 heteroatoms. The molecule has 1 N–H and O–H groups in total. The van der Waals surface area contributed by atoms with Crippen LogP contribution < -0.4 is 5.32 Å². The van der Waals surface area contributed by atoms with Crippen molar-refractivity contribution in [3.05, 3.63) is 16.6 Å². The Hall–Kier alpha value is -1.40. The molecule has 2 aromatic heterocycles. The second-order valence-corrected chi connectivity index (χ2v) is 8.57. The Morgan fingerprint density at radius 3 is 2.58 bits per heavy atom. The fraction of sp³-hybridized carbons (Fsp3) is 0.667. The number of hydrogen-bond donors (Lipinski definition) is 1. The molecule has 2 atom stereocenters. The van der Waals surface area contributed by atoms with Crippen LogP contribution in [0.4, 0.5) is 0 Å². The van der Waals surface area contributed by atoms with Gasteiger partial charge in [-0.15, -0.1) is 11.3 Å². The van der Waals surface area contributed by atoms with Gasteiger partial charge in [-0.2, -0.15) is 5.10 Å². The van der Waals surface area contributed by atoms with Gasteiger partial charge in [-0.25, -0.2) is 0 Å².